The number of aliphatic imine (C=N–C) groups is 3. The minimum Gasteiger partial charge on any atom is -0.338 e. The van der Waals surface area contributed by atoms with Crippen molar-refractivity contribution in [1.82, 2.24) is 9.80 Å². The Morgan fingerprint density at radius 1 is 0.658 bits per heavy atom. The molecular formula is C69H67N7. The Kier molecular flexibility index (Phi) is 16.5. The Balaban J connectivity index is 1.08. The molecule has 1 aliphatic carbocycles. The zero-order valence-electron chi connectivity index (χ0n) is 43.9. The van der Waals surface area contributed by atoms with Crippen LogP contribution in [0.25, 0.3) is 16.7 Å². The molecule has 0 saturated carbocycles. The highest BCUT2D eigenvalue weighted by Crippen LogP contribution is 2.45. The summed E-state index contributed by atoms with van der Waals surface area (Å²) in [7, 11) is 0. The van der Waals surface area contributed by atoms with Gasteiger partial charge in [0.1, 0.15) is 0 Å². The Hall–Kier alpha value is -8.65. The van der Waals surface area contributed by atoms with Gasteiger partial charge < -0.3 is 9.80 Å². The number of hydrogen-bond donors (Lipinski definition) is 0. The molecule has 0 spiro atoms. The second kappa shape index (κ2) is 24.6. The van der Waals surface area contributed by atoms with E-state index in [1.807, 2.05) is 6.07 Å². The summed E-state index contributed by atoms with van der Waals surface area (Å²) in [5.41, 5.74) is 15.5. The van der Waals surface area contributed by atoms with E-state index in [0.717, 1.165) is 76.4 Å². The van der Waals surface area contributed by atoms with Crippen LogP contribution in [-0.2, 0) is 0 Å². The molecule has 0 aromatic heterocycles. The lowest BCUT2D eigenvalue weighted by Crippen LogP contribution is -2.33. The van der Waals surface area contributed by atoms with Crippen LogP contribution in [0.3, 0.4) is 0 Å². The number of guanidine groups is 1. The van der Waals surface area contributed by atoms with Crippen LogP contribution in [-0.4, -0.2) is 54.1 Å². The number of anilines is 3. The van der Waals surface area contributed by atoms with Gasteiger partial charge in [-0.1, -0.05) is 208 Å². The third-order valence-corrected chi connectivity index (χ3v) is 14.4. The van der Waals surface area contributed by atoms with Gasteiger partial charge in [0.05, 0.1) is 18.1 Å². The second-order valence-corrected chi connectivity index (χ2v) is 19.7. The van der Waals surface area contributed by atoms with Gasteiger partial charge in [-0.3, -0.25) is 14.8 Å². The fraction of sp³-hybridized carbons (Fsp3) is 0.174. The summed E-state index contributed by atoms with van der Waals surface area (Å²) in [6.07, 6.45) is 39.8. The van der Waals surface area contributed by atoms with Crippen molar-refractivity contribution in [3.63, 3.8) is 0 Å². The smallest absolute Gasteiger partial charge is 0.236 e. The number of rotatable bonds is 6. The van der Waals surface area contributed by atoms with Gasteiger partial charge in [0.2, 0.25) is 5.96 Å². The summed E-state index contributed by atoms with van der Waals surface area (Å²) in [6, 6.07) is 49.3. The molecule has 0 N–H and O–H groups in total. The molecule has 378 valence electrons. The minimum atomic E-state index is 0.0393. The van der Waals surface area contributed by atoms with E-state index in [0.29, 0.717) is 43.8 Å². The van der Waals surface area contributed by atoms with Crippen LogP contribution >= 0.6 is 0 Å². The highest BCUT2D eigenvalue weighted by Gasteiger charge is 2.28. The fourth-order valence-corrected chi connectivity index (χ4v) is 10.4. The molecule has 0 radical (unpaired) electrons. The lowest BCUT2D eigenvalue weighted by Gasteiger charge is -2.36. The number of para-hydroxylation sites is 3. The lowest BCUT2D eigenvalue weighted by molar-refractivity contribution is 0.276. The molecule has 7 nitrogen and oxygen atoms in total. The summed E-state index contributed by atoms with van der Waals surface area (Å²) in [5, 5.41) is 0. The number of benzene rings is 5. The van der Waals surface area contributed by atoms with E-state index in [2.05, 4.69) is 271 Å². The van der Waals surface area contributed by atoms with Crippen molar-refractivity contribution in [3.8, 4) is 11.1 Å². The van der Waals surface area contributed by atoms with Crippen molar-refractivity contribution in [2.45, 2.75) is 52.0 Å². The topological polar surface area (TPSA) is 50.0 Å². The summed E-state index contributed by atoms with van der Waals surface area (Å²) < 4.78 is 0. The molecule has 76 heavy (non-hydrogen) atoms. The van der Waals surface area contributed by atoms with E-state index in [1.54, 1.807) is 0 Å². The molecular weight excluding hydrogens is 927 g/mol. The predicted octanol–water partition coefficient (Wildman–Crippen LogP) is 16.3. The first-order valence-corrected chi connectivity index (χ1v) is 26.7. The van der Waals surface area contributed by atoms with Gasteiger partial charge in [0.25, 0.3) is 0 Å². The van der Waals surface area contributed by atoms with E-state index in [-0.39, 0.29) is 6.04 Å². The third-order valence-electron chi connectivity index (χ3n) is 14.4. The number of amidine groups is 1. The average molecular weight is 994 g/mol. The molecule has 2 unspecified atom stereocenters. The normalized spacial score (nSPS) is 24.1. The van der Waals surface area contributed by atoms with Crippen molar-refractivity contribution in [3.05, 3.63) is 288 Å². The molecule has 4 aliphatic heterocycles. The van der Waals surface area contributed by atoms with Crippen LogP contribution in [0.1, 0.15) is 57.1 Å². The van der Waals surface area contributed by atoms with Crippen LogP contribution in [0, 0.1) is 5.92 Å². The number of nitrogens with zero attached hydrogens (tertiary/aromatic N) is 7. The van der Waals surface area contributed by atoms with Crippen molar-refractivity contribution < 1.29 is 0 Å². The van der Waals surface area contributed by atoms with Crippen LogP contribution in [0.15, 0.2) is 292 Å². The van der Waals surface area contributed by atoms with E-state index >= 15 is 0 Å². The van der Waals surface area contributed by atoms with Gasteiger partial charge in [-0.05, 0) is 116 Å². The molecule has 5 aromatic carbocycles. The first-order valence-electron chi connectivity index (χ1n) is 26.7. The summed E-state index contributed by atoms with van der Waals surface area (Å²) in [5.74, 6) is 1.29. The molecule has 10 rings (SSSR count). The number of allylic oxidation sites excluding steroid dienone is 16. The van der Waals surface area contributed by atoms with E-state index in [1.165, 1.54) is 28.2 Å². The Bertz CT molecular complexity index is 3320. The van der Waals surface area contributed by atoms with Gasteiger partial charge in [-0.25, -0.2) is 4.99 Å². The Morgan fingerprint density at radius 3 is 2.14 bits per heavy atom. The van der Waals surface area contributed by atoms with E-state index < -0.39 is 0 Å². The van der Waals surface area contributed by atoms with Crippen molar-refractivity contribution >= 4 is 41.1 Å². The molecule has 5 aromatic rings. The van der Waals surface area contributed by atoms with E-state index in [9.17, 15) is 0 Å². The zero-order valence-corrected chi connectivity index (χ0v) is 43.9. The highest BCUT2D eigenvalue weighted by molar-refractivity contribution is 6.07. The van der Waals surface area contributed by atoms with E-state index in [4.69, 9.17) is 21.6 Å². The van der Waals surface area contributed by atoms with Crippen LogP contribution in [0.4, 0.5) is 17.1 Å². The molecule has 0 saturated heterocycles. The largest absolute Gasteiger partial charge is 0.338 e. The SMILES string of the molecule is C=NC(=N/C(=N\CN1C/C=C2\C/C(=C\C(C)C/C=C\C=C/C1C)N(c1ccccc1)c1ccccc12)c1ccc(-c2ccccc2)cc1)N1C(=C)/C=C2/C/C=C\C=C/CN(c3ccccc3)/C2=C/CC2=C1C=CCC=C2. The zero-order chi connectivity index (χ0) is 52.1. The molecule has 5 aliphatic rings. The summed E-state index contributed by atoms with van der Waals surface area (Å²) in [4.78, 5) is 25.1. The third kappa shape index (κ3) is 12.0. The standard InChI is InChI=1S/C69H67N7/c1-52-26-12-7-13-27-53(2)73(47-45-59-50-63(48-52)76(62-34-20-11-21-35-62)67-38-24-23-36-64(59)67)51-71-68(58-41-39-56(40-42-58)55-28-15-8-16-29-55)72-69(70-4)75-54(3)49-60-31-14-5-6-25-46-74(61-32-18-10-19-33-61)65(60)44-43-57-30-17-9-22-37-66(57)75/h5-8,10-25,27-30,32-42,44-45,48-49,52-53H,3-4,9,26,31,43,46-47,50-51H2,1-2H3/b12-7-,14-5-,25-6-,27-13-,59-45+,60-49-,63-48+,65-44+,71-68-,72-69?. The fourth-order valence-electron chi connectivity index (χ4n) is 10.4. The molecule has 7 heteroatoms. The monoisotopic (exact) mass is 994 g/mol. The predicted molar refractivity (Wildman–Crippen MR) is 323 cm³/mol. The Morgan fingerprint density at radius 2 is 1.36 bits per heavy atom. The van der Waals surface area contributed by atoms with Crippen molar-refractivity contribution in [1.29, 1.82) is 0 Å². The highest BCUT2D eigenvalue weighted by atomic mass is 15.3. The molecule has 2 bridgehead atoms. The maximum atomic E-state index is 5.50. The summed E-state index contributed by atoms with van der Waals surface area (Å²) >= 11 is 0. The van der Waals surface area contributed by atoms with Gasteiger partial charge in [0.15, 0.2) is 5.84 Å². The van der Waals surface area contributed by atoms with Gasteiger partial charge in [-0.15, -0.1) is 0 Å². The lowest BCUT2D eigenvalue weighted by atomic mass is 9.90. The van der Waals surface area contributed by atoms with Crippen molar-refractivity contribution in [2.24, 2.45) is 20.9 Å². The quantitative estimate of drug-likeness (QED) is 0.126. The summed E-state index contributed by atoms with van der Waals surface area (Å²) in [6.45, 7) is 15.3. The molecule has 4 heterocycles. The Labute approximate surface area is 450 Å². The molecule has 2 atom stereocenters. The first-order chi connectivity index (χ1) is 37.4. The van der Waals surface area contributed by atoms with Gasteiger partial charge >= 0.3 is 0 Å². The number of hydrogen-bond acceptors (Lipinski definition) is 4. The first kappa shape index (κ1) is 50.9. The average Bonchev–Trinajstić information content (AvgIpc) is 3.66. The van der Waals surface area contributed by atoms with Crippen LogP contribution < -0.4 is 9.80 Å². The minimum absolute atomic E-state index is 0.0393. The second-order valence-electron chi connectivity index (χ2n) is 19.7. The van der Waals surface area contributed by atoms with Crippen molar-refractivity contribution in [2.75, 3.05) is 29.6 Å². The maximum absolute atomic E-state index is 5.50. The van der Waals surface area contributed by atoms with Gasteiger partial charge in [0, 0.05) is 65.1 Å². The number of fused-ring (bicyclic) bond motifs is 5. The molecule has 0 amide bonds. The van der Waals surface area contributed by atoms with Crippen LogP contribution in [0.2, 0.25) is 0 Å². The maximum Gasteiger partial charge on any atom is 0.236 e. The van der Waals surface area contributed by atoms with Crippen LogP contribution in [0.5, 0.6) is 0 Å². The molecule has 0 fully saturated rings. The van der Waals surface area contributed by atoms with Gasteiger partial charge in [-0.2, -0.15) is 4.99 Å².